The van der Waals surface area contributed by atoms with E-state index in [-0.39, 0.29) is 0 Å². The lowest BCUT2D eigenvalue weighted by Crippen LogP contribution is -2.00. The highest BCUT2D eigenvalue weighted by Crippen LogP contribution is 2.40. The fourth-order valence-electron chi connectivity index (χ4n) is 7.22. The van der Waals surface area contributed by atoms with E-state index in [2.05, 4.69) is 164 Å². The Hall–Kier alpha value is -7.17. The molecule has 0 N–H and O–H groups in total. The number of hydrogen-bond acceptors (Lipinski definition) is 4. The minimum atomic E-state index is 0.579. The lowest BCUT2D eigenvalue weighted by Gasteiger charge is -2.11. The van der Waals surface area contributed by atoms with Crippen molar-refractivity contribution in [1.82, 2.24) is 15.0 Å². The summed E-state index contributed by atoms with van der Waals surface area (Å²) in [5, 5.41) is 4.60. The van der Waals surface area contributed by atoms with Gasteiger partial charge in [0.1, 0.15) is 11.2 Å². The second-order valence-electron chi connectivity index (χ2n) is 13.3. The van der Waals surface area contributed by atoms with Gasteiger partial charge in [-0.05, 0) is 68.4 Å². The maximum absolute atomic E-state index is 6.47. The number of benzene rings is 8. The first-order valence-electron chi connectivity index (χ1n) is 17.8. The molecule has 0 fully saturated rings. The number of rotatable bonds is 6. The van der Waals surface area contributed by atoms with Crippen molar-refractivity contribution in [3.05, 3.63) is 188 Å². The van der Waals surface area contributed by atoms with Gasteiger partial charge in [-0.3, -0.25) is 0 Å². The Morgan fingerprint density at radius 2 is 0.792 bits per heavy atom. The average Bonchev–Trinajstić information content (AvgIpc) is 3.62. The molecule has 0 radical (unpaired) electrons. The first kappa shape index (κ1) is 30.6. The summed E-state index contributed by atoms with van der Waals surface area (Å²) in [4.78, 5) is 15.3. The number of hydrogen-bond donors (Lipinski definition) is 0. The van der Waals surface area contributed by atoms with Gasteiger partial charge in [-0.2, -0.15) is 0 Å². The quantitative estimate of drug-likeness (QED) is 0.176. The highest BCUT2D eigenvalue weighted by atomic mass is 16.3. The first-order chi connectivity index (χ1) is 26.2. The fraction of sp³-hybridized carbons (Fsp3) is 0. The summed E-state index contributed by atoms with van der Waals surface area (Å²) in [5.74, 6) is 1.79. The van der Waals surface area contributed by atoms with E-state index in [0.717, 1.165) is 66.4 Å². The van der Waals surface area contributed by atoms with E-state index in [1.54, 1.807) is 0 Å². The van der Waals surface area contributed by atoms with E-state index in [1.165, 1.54) is 16.3 Å². The van der Waals surface area contributed by atoms with Crippen LogP contribution in [-0.4, -0.2) is 15.0 Å². The van der Waals surface area contributed by atoms with Gasteiger partial charge in [0.05, 0.1) is 0 Å². The molecule has 8 aromatic carbocycles. The molecule has 0 spiro atoms. The van der Waals surface area contributed by atoms with Gasteiger partial charge >= 0.3 is 0 Å². The standard InChI is InChI=1S/C49H31N3O/c1-3-11-32(12-4-1)34-19-24-37(25-20-34)47-50-48(38-26-21-35(22-27-38)40-28-23-33-13-7-8-16-39(33)29-40)52-49(51-47)41-30-43(36-14-5-2-6-15-36)46-42-17-9-10-18-44(42)53-45(46)31-41/h1-31H. The summed E-state index contributed by atoms with van der Waals surface area (Å²) in [5.41, 5.74) is 11.1. The molecule has 2 aromatic heterocycles. The molecule has 53 heavy (non-hydrogen) atoms. The molecule has 0 bridgehead atoms. The summed E-state index contributed by atoms with van der Waals surface area (Å²) in [6, 6.07) is 65.2. The third-order valence-corrected chi connectivity index (χ3v) is 9.93. The lowest BCUT2D eigenvalue weighted by molar-refractivity contribution is 0.669. The smallest absolute Gasteiger partial charge is 0.164 e. The zero-order valence-electron chi connectivity index (χ0n) is 28.6. The zero-order valence-corrected chi connectivity index (χ0v) is 28.6. The van der Waals surface area contributed by atoms with Crippen molar-refractivity contribution >= 4 is 32.7 Å². The summed E-state index contributed by atoms with van der Waals surface area (Å²) in [7, 11) is 0. The van der Waals surface area contributed by atoms with Crippen LogP contribution in [0.15, 0.2) is 192 Å². The molecule has 0 saturated carbocycles. The molecule has 4 heteroatoms. The van der Waals surface area contributed by atoms with Crippen LogP contribution in [0.25, 0.3) is 100 Å². The summed E-state index contributed by atoms with van der Waals surface area (Å²) in [6.07, 6.45) is 0. The molecule has 10 rings (SSSR count). The number of furan rings is 1. The highest BCUT2D eigenvalue weighted by Gasteiger charge is 2.18. The minimum Gasteiger partial charge on any atom is -0.456 e. The topological polar surface area (TPSA) is 51.8 Å². The second kappa shape index (κ2) is 12.9. The molecule has 248 valence electrons. The van der Waals surface area contributed by atoms with E-state index >= 15 is 0 Å². The monoisotopic (exact) mass is 677 g/mol. The Kier molecular flexibility index (Phi) is 7.43. The van der Waals surface area contributed by atoms with E-state index in [0.29, 0.717) is 17.5 Å². The number of aromatic nitrogens is 3. The normalized spacial score (nSPS) is 11.4. The Labute approximate surface area is 306 Å². The van der Waals surface area contributed by atoms with Crippen molar-refractivity contribution in [1.29, 1.82) is 0 Å². The van der Waals surface area contributed by atoms with Crippen LogP contribution in [0, 0.1) is 0 Å². The van der Waals surface area contributed by atoms with Crippen molar-refractivity contribution in [2.24, 2.45) is 0 Å². The van der Waals surface area contributed by atoms with Crippen molar-refractivity contribution in [3.8, 4) is 67.5 Å². The Balaban J connectivity index is 1.13. The lowest BCUT2D eigenvalue weighted by atomic mass is 9.96. The Morgan fingerprint density at radius 3 is 1.47 bits per heavy atom. The van der Waals surface area contributed by atoms with Crippen molar-refractivity contribution in [2.45, 2.75) is 0 Å². The van der Waals surface area contributed by atoms with Gasteiger partial charge in [-0.15, -0.1) is 0 Å². The van der Waals surface area contributed by atoms with Gasteiger partial charge in [0.2, 0.25) is 0 Å². The Bertz CT molecular complexity index is 2910. The molecule has 0 aliphatic heterocycles. The fourth-order valence-corrected chi connectivity index (χ4v) is 7.22. The summed E-state index contributed by atoms with van der Waals surface area (Å²) >= 11 is 0. The molecular weight excluding hydrogens is 647 g/mol. The number of para-hydroxylation sites is 1. The molecule has 10 aromatic rings. The second-order valence-corrected chi connectivity index (χ2v) is 13.3. The third-order valence-electron chi connectivity index (χ3n) is 9.93. The van der Waals surface area contributed by atoms with Crippen molar-refractivity contribution in [3.63, 3.8) is 0 Å². The molecular formula is C49H31N3O. The molecule has 4 nitrogen and oxygen atoms in total. The van der Waals surface area contributed by atoms with Crippen LogP contribution in [0.4, 0.5) is 0 Å². The highest BCUT2D eigenvalue weighted by molar-refractivity contribution is 6.13. The molecule has 0 aliphatic rings. The van der Waals surface area contributed by atoms with E-state index in [1.807, 2.05) is 24.3 Å². The molecule has 0 amide bonds. The predicted octanol–water partition coefficient (Wildman–Crippen LogP) is 12.9. The van der Waals surface area contributed by atoms with E-state index < -0.39 is 0 Å². The molecule has 0 unspecified atom stereocenters. The Morgan fingerprint density at radius 1 is 0.302 bits per heavy atom. The SMILES string of the molecule is c1ccc(-c2ccc(-c3nc(-c4ccc(-c5ccc6ccccc6c5)cc4)nc(-c4cc(-c5ccccc5)c5c(c4)oc4ccccc45)n3)cc2)cc1. The maximum Gasteiger partial charge on any atom is 0.164 e. The van der Waals surface area contributed by atoms with Crippen LogP contribution in [0.2, 0.25) is 0 Å². The van der Waals surface area contributed by atoms with Crippen LogP contribution in [-0.2, 0) is 0 Å². The van der Waals surface area contributed by atoms with Crippen LogP contribution < -0.4 is 0 Å². The average molecular weight is 678 g/mol. The maximum atomic E-state index is 6.47. The predicted molar refractivity (Wildman–Crippen MR) is 217 cm³/mol. The van der Waals surface area contributed by atoms with Crippen molar-refractivity contribution in [2.75, 3.05) is 0 Å². The molecule has 0 aliphatic carbocycles. The largest absolute Gasteiger partial charge is 0.456 e. The van der Waals surface area contributed by atoms with Gasteiger partial charge in [0.25, 0.3) is 0 Å². The zero-order chi connectivity index (χ0) is 35.1. The van der Waals surface area contributed by atoms with Gasteiger partial charge in [0, 0.05) is 27.5 Å². The van der Waals surface area contributed by atoms with Gasteiger partial charge < -0.3 is 4.42 Å². The third kappa shape index (κ3) is 5.73. The van der Waals surface area contributed by atoms with Crippen LogP contribution in [0.3, 0.4) is 0 Å². The molecule has 0 saturated heterocycles. The van der Waals surface area contributed by atoms with E-state index in [9.17, 15) is 0 Å². The van der Waals surface area contributed by atoms with Gasteiger partial charge in [-0.1, -0.05) is 164 Å². The van der Waals surface area contributed by atoms with E-state index in [4.69, 9.17) is 19.4 Å². The summed E-state index contributed by atoms with van der Waals surface area (Å²) in [6.45, 7) is 0. The first-order valence-corrected chi connectivity index (χ1v) is 17.8. The van der Waals surface area contributed by atoms with Crippen LogP contribution in [0.1, 0.15) is 0 Å². The van der Waals surface area contributed by atoms with Gasteiger partial charge in [-0.25, -0.2) is 15.0 Å². The van der Waals surface area contributed by atoms with Crippen LogP contribution in [0.5, 0.6) is 0 Å². The summed E-state index contributed by atoms with van der Waals surface area (Å²) < 4.78 is 6.47. The number of fused-ring (bicyclic) bond motifs is 4. The number of nitrogens with zero attached hydrogens (tertiary/aromatic N) is 3. The van der Waals surface area contributed by atoms with Gasteiger partial charge in [0.15, 0.2) is 17.5 Å². The van der Waals surface area contributed by atoms with Crippen LogP contribution >= 0.6 is 0 Å². The van der Waals surface area contributed by atoms with Crippen molar-refractivity contribution < 1.29 is 4.42 Å². The molecule has 0 atom stereocenters. The molecule has 2 heterocycles. The minimum absolute atomic E-state index is 0.579.